The van der Waals surface area contributed by atoms with Gasteiger partial charge in [-0.05, 0) is 36.7 Å². The van der Waals surface area contributed by atoms with Crippen molar-refractivity contribution in [1.29, 1.82) is 0 Å². The Balaban J connectivity index is 3.22. The van der Waals surface area contributed by atoms with Crippen LogP contribution in [0.1, 0.15) is 5.56 Å². The maximum absolute atomic E-state index is 12.7. The molecule has 16 heavy (non-hydrogen) atoms. The van der Waals surface area contributed by atoms with Crippen LogP contribution in [-0.2, 0) is 6.18 Å². The van der Waals surface area contributed by atoms with Gasteiger partial charge in [-0.2, -0.15) is 13.2 Å². The van der Waals surface area contributed by atoms with Crippen molar-refractivity contribution in [3.8, 4) is 0 Å². The standard InChI is InChI=1S/C9H9F3N2S2/c1-16-5-2-3-7(14-8(13)15)6(4-5)9(10,11)12/h2-4H,1H3,(H3,13,14,15). The van der Waals surface area contributed by atoms with E-state index in [1.807, 2.05) is 0 Å². The predicted molar refractivity (Wildman–Crippen MR) is 63.6 cm³/mol. The van der Waals surface area contributed by atoms with Gasteiger partial charge in [0.25, 0.3) is 0 Å². The van der Waals surface area contributed by atoms with E-state index in [0.717, 1.165) is 6.07 Å². The second-order valence-corrected chi connectivity index (χ2v) is 4.22. The fourth-order valence-electron chi connectivity index (χ4n) is 1.13. The number of hydrogen-bond acceptors (Lipinski definition) is 2. The Hall–Kier alpha value is -0.950. The third kappa shape index (κ3) is 3.28. The molecule has 0 aliphatic rings. The van der Waals surface area contributed by atoms with Crippen molar-refractivity contribution >= 4 is 34.8 Å². The average Bonchev–Trinajstić information content (AvgIpc) is 2.15. The van der Waals surface area contributed by atoms with Crippen molar-refractivity contribution in [2.24, 2.45) is 5.73 Å². The molecule has 0 amide bonds. The number of benzene rings is 1. The highest BCUT2D eigenvalue weighted by molar-refractivity contribution is 7.98. The first kappa shape index (κ1) is 13.1. The molecule has 2 nitrogen and oxygen atoms in total. The molecule has 0 aliphatic carbocycles. The van der Waals surface area contributed by atoms with Gasteiger partial charge < -0.3 is 11.1 Å². The van der Waals surface area contributed by atoms with Crippen LogP contribution in [0.3, 0.4) is 0 Å². The lowest BCUT2D eigenvalue weighted by Crippen LogP contribution is -2.21. The molecular weight excluding hydrogens is 257 g/mol. The molecule has 0 atom stereocenters. The summed E-state index contributed by atoms with van der Waals surface area (Å²) in [7, 11) is 0. The second-order valence-electron chi connectivity index (χ2n) is 2.90. The van der Waals surface area contributed by atoms with Crippen LogP contribution < -0.4 is 11.1 Å². The fourth-order valence-corrected chi connectivity index (χ4v) is 1.68. The summed E-state index contributed by atoms with van der Waals surface area (Å²) in [5.41, 5.74) is 4.26. The number of nitrogens with two attached hydrogens (primary N) is 1. The summed E-state index contributed by atoms with van der Waals surface area (Å²) in [5, 5.41) is 2.12. The van der Waals surface area contributed by atoms with E-state index in [0.29, 0.717) is 4.90 Å². The first-order valence-corrected chi connectivity index (χ1v) is 5.79. The highest BCUT2D eigenvalue weighted by Crippen LogP contribution is 2.36. The van der Waals surface area contributed by atoms with Crippen molar-refractivity contribution in [2.45, 2.75) is 11.1 Å². The molecule has 0 bridgehead atoms. The number of halogens is 3. The Kier molecular flexibility index (Phi) is 4.03. The van der Waals surface area contributed by atoms with Gasteiger partial charge in [0.1, 0.15) is 0 Å². The molecule has 1 rings (SSSR count). The summed E-state index contributed by atoms with van der Waals surface area (Å²) < 4.78 is 38.0. The predicted octanol–water partition coefficient (Wildman–Crippen LogP) is 3.08. The molecule has 0 aromatic heterocycles. The topological polar surface area (TPSA) is 38.0 Å². The van der Waals surface area contributed by atoms with Gasteiger partial charge in [-0.25, -0.2) is 0 Å². The third-order valence-corrected chi connectivity index (χ3v) is 2.62. The number of anilines is 1. The first-order valence-electron chi connectivity index (χ1n) is 4.16. The van der Waals surface area contributed by atoms with Crippen LogP contribution in [0.2, 0.25) is 0 Å². The van der Waals surface area contributed by atoms with Gasteiger partial charge >= 0.3 is 6.18 Å². The molecule has 0 saturated carbocycles. The molecular formula is C9H9F3N2S2. The zero-order chi connectivity index (χ0) is 12.3. The van der Waals surface area contributed by atoms with Crippen molar-refractivity contribution in [3.05, 3.63) is 23.8 Å². The zero-order valence-corrected chi connectivity index (χ0v) is 9.89. The Morgan fingerprint density at radius 3 is 2.50 bits per heavy atom. The molecule has 1 aromatic carbocycles. The quantitative estimate of drug-likeness (QED) is 0.637. The van der Waals surface area contributed by atoms with E-state index >= 15 is 0 Å². The summed E-state index contributed by atoms with van der Waals surface area (Å²) in [4.78, 5) is 0.529. The summed E-state index contributed by atoms with van der Waals surface area (Å²) >= 11 is 5.75. The van der Waals surface area contributed by atoms with Crippen LogP contribution in [-0.4, -0.2) is 11.4 Å². The van der Waals surface area contributed by atoms with E-state index in [1.165, 1.54) is 17.8 Å². The maximum atomic E-state index is 12.7. The molecule has 0 saturated heterocycles. The van der Waals surface area contributed by atoms with E-state index in [9.17, 15) is 13.2 Å². The second kappa shape index (κ2) is 4.92. The van der Waals surface area contributed by atoms with Crippen molar-refractivity contribution in [2.75, 3.05) is 11.6 Å². The SMILES string of the molecule is CSc1ccc(NC(N)=S)c(C(F)(F)F)c1. The van der Waals surface area contributed by atoms with Gasteiger partial charge in [0.2, 0.25) is 0 Å². The monoisotopic (exact) mass is 266 g/mol. The van der Waals surface area contributed by atoms with E-state index in [2.05, 4.69) is 17.5 Å². The summed E-state index contributed by atoms with van der Waals surface area (Å²) in [5.74, 6) is 0. The Bertz CT molecular complexity index is 404. The Morgan fingerprint density at radius 2 is 2.06 bits per heavy atom. The van der Waals surface area contributed by atoms with Crippen molar-refractivity contribution in [1.82, 2.24) is 0 Å². The number of hydrogen-bond donors (Lipinski definition) is 2. The zero-order valence-electron chi connectivity index (χ0n) is 8.26. The Morgan fingerprint density at radius 1 is 1.44 bits per heavy atom. The normalized spacial score (nSPS) is 11.2. The molecule has 88 valence electrons. The molecule has 0 fully saturated rings. The lowest BCUT2D eigenvalue weighted by Gasteiger charge is -2.14. The van der Waals surface area contributed by atoms with Crippen LogP contribution >= 0.6 is 24.0 Å². The summed E-state index contributed by atoms with van der Waals surface area (Å²) in [6, 6.07) is 3.94. The lowest BCUT2D eigenvalue weighted by atomic mass is 10.1. The van der Waals surface area contributed by atoms with Crippen molar-refractivity contribution < 1.29 is 13.2 Å². The van der Waals surface area contributed by atoms with Crippen LogP contribution in [0.4, 0.5) is 18.9 Å². The van der Waals surface area contributed by atoms with E-state index in [-0.39, 0.29) is 10.8 Å². The molecule has 3 N–H and O–H groups in total. The maximum Gasteiger partial charge on any atom is 0.418 e. The largest absolute Gasteiger partial charge is 0.418 e. The number of nitrogens with one attached hydrogen (secondary N) is 1. The van der Waals surface area contributed by atoms with Crippen LogP contribution in [0.15, 0.2) is 23.1 Å². The molecule has 7 heteroatoms. The van der Waals surface area contributed by atoms with E-state index in [4.69, 9.17) is 5.73 Å². The van der Waals surface area contributed by atoms with Gasteiger partial charge in [-0.3, -0.25) is 0 Å². The summed E-state index contributed by atoms with van der Waals surface area (Å²) in [6.45, 7) is 0. The number of rotatable bonds is 2. The van der Waals surface area contributed by atoms with Gasteiger partial charge in [-0.1, -0.05) is 0 Å². The third-order valence-electron chi connectivity index (χ3n) is 1.79. The smallest absolute Gasteiger partial charge is 0.376 e. The number of thiocarbonyl (C=S) groups is 1. The van der Waals surface area contributed by atoms with Crippen LogP contribution in [0.25, 0.3) is 0 Å². The van der Waals surface area contributed by atoms with Gasteiger partial charge in [0.05, 0.1) is 11.3 Å². The molecule has 0 spiro atoms. The number of alkyl halides is 3. The van der Waals surface area contributed by atoms with Crippen LogP contribution in [0.5, 0.6) is 0 Å². The minimum atomic E-state index is -4.43. The van der Waals surface area contributed by atoms with Crippen molar-refractivity contribution in [3.63, 3.8) is 0 Å². The highest BCUT2D eigenvalue weighted by atomic mass is 32.2. The van der Waals surface area contributed by atoms with E-state index < -0.39 is 11.7 Å². The molecule has 0 unspecified atom stereocenters. The van der Waals surface area contributed by atoms with Gasteiger partial charge in [0, 0.05) is 4.90 Å². The number of thioether (sulfide) groups is 1. The van der Waals surface area contributed by atoms with Crippen LogP contribution in [0, 0.1) is 0 Å². The fraction of sp³-hybridized carbons (Fsp3) is 0.222. The molecule has 1 aromatic rings. The minimum Gasteiger partial charge on any atom is -0.376 e. The molecule has 0 heterocycles. The molecule has 0 radical (unpaired) electrons. The minimum absolute atomic E-state index is 0.127. The Labute approximate surface area is 100 Å². The lowest BCUT2D eigenvalue weighted by molar-refractivity contribution is -0.137. The van der Waals surface area contributed by atoms with E-state index in [1.54, 1.807) is 12.3 Å². The molecule has 0 aliphatic heterocycles. The first-order chi connectivity index (χ1) is 7.34. The van der Waals surface area contributed by atoms with Gasteiger partial charge in [0.15, 0.2) is 5.11 Å². The summed E-state index contributed by atoms with van der Waals surface area (Å²) in [6.07, 6.45) is -2.73. The highest BCUT2D eigenvalue weighted by Gasteiger charge is 2.33. The average molecular weight is 266 g/mol. The van der Waals surface area contributed by atoms with Gasteiger partial charge in [-0.15, -0.1) is 11.8 Å².